The Balaban J connectivity index is 0.000000220. The maximum absolute atomic E-state index is 11.4. The summed E-state index contributed by atoms with van der Waals surface area (Å²) >= 11 is 0. The number of carbonyl (C=O) groups excluding carboxylic acids is 1. The normalized spacial score (nSPS) is 35.8. The molecule has 2 rings (SSSR count). The molecular formula is C20H36O2. The molecule has 2 aliphatic rings. The number of hydrogen-bond acceptors (Lipinski definition) is 2. The second-order valence-corrected chi connectivity index (χ2v) is 8.14. The van der Waals surface area contributed by atoms with Crippen LogP contribution in [0.15, 0.2) is 12.2 Å². The van der Waals surface area contributed by atoms with E-state index >= 15 is 0 Å². The zero-order valence-electron chi connectivity index (χ0n) is 15.3. The van der Waals surface area contributed by atoms with Gasteiger partial charge in [-0.25, -0.2) is 0 Å². The third-order valence-corrected chi connectivity index (χ3v) is 5.45. The zero-order valence-corrected chi connectivity index (χ0v) is 15.3. The molecule has 128 valence electrons. The van der Waals surface area contributed by atoms with Crippen molar-refractivity contribution in [3.63, 3.8) is 0 Å². The fourth-order valence-electron chi connectivity index (χ4n) is 3.85. The van der Waals surface area contributed by atoms with Crippen LogP contribution >= 0.6 is 0 Å². The smallest absolute Gasteiger partial charge is 0.136 e. The topological polar surface area (TPSA) is 37.3 Å². The maximum atomic E-state index is 11.4. The van der Waals surface area contributed by atoms with E-state index < -0.39 is 0 Å². The summed E-state index contributed by atoms with van der Waals surface area (Å²) in [4.78, 5) is 11.4. The van der Waals surface area contributed by atoms with Gasteiger partial charge in [0.15, 0.2) is 0 Å². The van der Waals surface area contributed by atoms with Crippen LogP contribution in [0.25, 0.3) is 0 Å². The monoisotopic (exact) mass is 308 g/mol. The highest BCUT2D eigenvalue weighted by atomic mass is 16.3. The summed E-state index contributed by atoms with van der Waals surface area (Å²) in [5.41, 5.74) is 1.14. The molecule has 0 bridgehead atoms. The van der Waals surface area contributed by atoms with E-state index in [1.54, 1.807) is 0 Å². The van der Waals surface area contributed by atoms with Crippen LogP contribution in [0.5, 0.6) is 0 Å². The lowest BCUT2D eigenvalue weighted by Crippen LogP contribution is -2.28. The van der Waals surface area contributed by atoms with Gasteiger partial charge < -0.3 is 5.11 Å². The van der Waals surface area contributed by atoms with Crippen LogP contribution < -0.4 is 0 Å². The molecule has 0 amide bonds. The molecule has 2 heteroatoms. The lowest BCUT2D eigenvalue weighted by Gasteiger charge is -2.31. The third kappa shape index (κ3) is 5.87. The van der Waals surface area contributed by atoms with E-state index in [1.165, 1.54) is 12.8 Å². The molecule has 0 heterocycles. The molecule has 0 aromatic heterocycles. The van der Waals surface area contributed by atoms with Crippen molar-refractivity contribution in [1.82, 2.24) is 0 Å². The first-order valence-corrected chi connectivity index (χ1v) is 9.08. The first kappa shape index (κ1) is 19.4. The molecule has 22 heavy (non-hydrogen) atoms. The average molecular weight is 309 g/mol. The minimum Gasteiger partial charge on any atom is -0.392 e. The molecule has 0 saturated heterocycles. The number of aliphatic hydroxyl groups excluding tert-OH is 1. The van der Waals surface area contributed by atoms with Gasteiger partial charge in [0.1, 0.15) is 5.78 Å². The second-order valence-electron chi connectivity index (χ2n) is 8.14. The Morgan fingerprint density at radius 2 is 1.73 bits per heavy atom. The summed E-state index contributed by atoms with van der Waals surface area (Å²) in [5.74, 6) is 3.12. The van der Waals surface area contributed by atoms with Crippen molar-refractivity contribution in [1.29, 1.82) is 0 Å². The van der Waals surface area contributed by atoms with Crippen molar-refractivity contribution >= 4 is 5.78 Å². The van der Waals surface area contributed by atoms with E-state index in [2.05, 4.69) is 34.3 Å². The molecule has 0 radical (unpaired) electrons. The molecule has 0 aromatic rings. The largest absolute Gasteiger partial charge is 0.392 e. The van der Waals surface area contributed by atoms with Gasteiger partial charge >= 0.3 is 0 Å². The van der Waals surface area contributed by atoms with Crippen LogP contribution in [0.4, 0.5) is 0 Å². The highest BCUT2D eigenvalue weighted by Crippen LogP contribution is 2.32. The fraction of sp³-hybridized carbons (Fsp3) is 0.850. The Morgan fingerprint density at radius 3 is 2.18 bits per heavy atom. The molecular weight excluding hydrogens is 272 g/mol. The summed E-state index contributed by atoms with van der Waals surface area (Å²) in [7, 11) is 0. The van der Waals surface area contributed by atoms with Crippen LogP contribution in [0.2, 0.25) is 0 Å². The van der Waals surface area contributed by atoms with Crippen LogP contribution in [-0.2, 0) is 4.79 Å². The van der Waals surface area contributed by atoms with Gasteiger partial charge in [-0.2, -0.15) is 0 Å². The number of ketones is 1. The number of aliphatic hydroxyl groups is 1. The predicted molar refractivity (Wildman–Crippen MR) is 93.7 cm³/mol. The molecule has 0 aromatic carbocycles. The highest BCUT2D eigenvalue weighted by molar-refractivity contribution is 5.82. The van der Waals surface area contributed by atoms with Crippen molar-refractivity contribution < 1.29 is 9.90 Å². The van der Waals surface area contributed by atoms with Crippen LogP contribution in [0.3, 0.4) is 0 Å². The number of hydrogen-bond donors (Lipinski definition) is 1. The second kappa shape index (κ2) is 8.86. The van der Waals surface area contributed by atoms with E-state index in [-0.39, 0.29) is 6.10 Å². The van der Waals surface area contributed by atoms with Crippen molar-refractivity contribution in [2.75, 3.05) is 0 Å². The molecule has 0 aliphatic heterocycles. The molecule has 2 saturated carbocycles. The standard InChI is InChI=1S/2C10H18O/c2*1-7(2)9-5-4-8(3)6-10(9)11/h7-9H,4-6H2,1-3H3;8-11H,1,4-6H2,2-3H3/t8-,9+;/m1./s1. The summed E-state index contributed by atoms with van der Waals surface area (Å²) < 4.78 is 0. The number of Topliss-reactive ketones (excluding diaryl/α,β-unsaturated/α-hetero) is 1. The molecule has 3 unspecified atom stereocenters. The van der Waals surface area contributed by atoms with Gasteiger partial charge in [-0.1, -0.05) is 39.8 Å². The van der Waals surface area contributed by atoms with Crippen LogP contribution in [0, 0.1) is 29.6 Å². The SMILES string of the molecule is C=C(C)C1CCC(C)CC1O.CC(C)[C@@H]1CC[C@@H](C)CC1=O. The molecule has 5 atom stereocenters. The predicted octanol–water partition coefficient (Wildman–Crippen LogP) is 5.01. The highest BCUT2D eigenvalue weighted by Gasteiger charge is 2.28. The summed E-state index contributed by atoms with van der Waals surface area (Å²) in [6.45, 7) is 14.6. The summed E-state index contributed by atoms with van der Waals surface area (Å²) in [5, 5.41) is 9.65. The lowest BCUT2D eigenvalue weighted by molar-refractivity contribution is -0.127. The zero-order chi connectivity index (χ0) is 16.9. The molecule has 1 N–H and O–H groups in total. The Labute approximate surface area is 137 Å². The molecule has 2 fully saturated rings. The summed E-state index contributed by atoms with van der Waals surface area (Å²) in [6.07, 6.45) is 6.38. The first-order valence-electron chi connectivity index (χ1n) is 9.08. The minimum absolute atomic E-state index is 0.128. The van der Waals surface area contributed by atoms with Crippen LogP contribution in [0.1, 0.15) is 73.1 Å². The maximum Gasteiger partial charge on any atom is 0.136 e. The Kier molecular flexibility index (Phi) is 7.82. The van der Waals surface area contributed by atoms with Crippen molar-refractivity contribution in [2.24, 2.45) is 29.6 Å². The van der Waals surface area contributed by atoms with Gasteiger partial charge in [0.05, 0.1) is 6.10 Å². The average Bonchev–Trinajstić information content (AvgIpc) is 2.38. The molecule has 0 spiro atoms. The van der Waals surface area contributed by atoms with Gasteiger partial charge in [-0.3, -0.25) is 4.79 Å². The third-order valence-electron chi connectivity index (χ3n) is 5.45. The number of carbonyl (C=O) groups is 1. The minimum atomic E-state index is -0.128. The van der Waals surface area contributed by atoms with Gasteiger partial charge in [0.25, 0.3) is 0 Å². The van der Waals surface area contributed by atoms with Crippen molar-refractivity contribution in [3.8, 4) is 0 Å². The first-order chi connectivity index (χ1) is 10.2. The molecule has 2 nitrogen and oxygen atoms in total. The van der Waals surface area contributed by atoms with Crippen molar-refractivity contribution in [2.45, 2.75) is 79.2 Å². The van der Waals surface area contributed by atoms with E-state index in [1.807, 2.05) is 6.92 Å². The van der Waals surface area contributed by atoms with E-state index in [9.17, 15) is 9.90 Å². The van der Waals surface area contributed by atoms with Crippen molar-refractivity contribution in [3.05, 3.63) is 12.2 Å². The summed E-state index contributed by atoms with van der Waals surface area (Å²) in [6, 6.07) is 0. The van der Waals surface area contributed by atoms with E-state index in [4.69, 9.17) is 0 Å². The van der Waals surface area contributed by atoms with E-state index in [0.717, 1.165) is 31.3 Å². The number of rotatable bonds is 2. The van der Waals surface area contributed by atoms with Gasteiger partial charge in [0.2, 0.25) is 0 Å². The quantitative estimate of drug-likeness (QED) is 0.728. The Bertz CT molecular complexity index is 370. The van der Waals surface area contributed by atoms with E-state index in [0.29, 0.717) is 35.4 Å². The lowest BCUT2D eigenvalue weighted by atomic mass is 9.77. The van der Waals surface area contributed by atoms with Crippen LogP contribution in [-0.4, -0.2) is 17.0 Å². The van der Waals surface area contributed by atoms with Gasteiger partial charge in [-0.05, 0) is 56.8 Å². The Hall–Kier alpha value is -0.630. The molecule has 2 aliphatic carbocycles. The van der Waals surface area contributed by atoms with Gasteiger partial charge in [-0.15, -0.1) is 0 Å². The van der Waals surface area contributed by atoms with Gasteiger partial charge in [0, 0.05) is 18.3 Å². The fourth-order valence-corrected chi connectivity index (χ4v) is 3.85. The Morgan fingerprint density at radius 1 is 1.14 bits per heavy atom.